The highest BCUT2D eigenvalue weighted by Crippen LogP contribution is 2.12. The van der Waals surface area contributed by atoms with Crippen molar-refractivity contribution in [3.05, 3.63) is 35.4 Å². The maximum atomic E-state index is 12.5. The van der Waals surface area contributed by atoms with Gasteiger partial charge in [0.1, 0.15) is 6.04 Å². The first-order valence-corrected chi connectivity index (χ1v) is 6.89. The van der Waals surface area contributed by atoms with Gasteiger partial charge in [0, 0.05) is 26.7 Å². The Labute approximate surface area is 119 Å². The minimum atomic E-state index is -0.412. The topological polar surface area (TPSA) is 61.4 Å². The van der Waals surface area contributed by atoms with Gasteiger partial charge in [-0.25, -0.2) is 0 Å². The summed E-state index contributed by atoms with van der Waals surface area (Å²) in [5.74, 6) is -0.107. The summed E-state index contributed by atoms with van der Waals surface area (Å²) in [4.78, 5) is 26.0. The van der Waals surface area contributed by atoms with Crippen LogP contribution in [0, 0.1) is 6.92 Å². The molecule has 1 heterocycles. The van der Waals surface area contributed by atoms with Gasteiger partial charge >= 0.3 is 0 Å². The van der Waals surface area contributed by atoms with Crippen LogP contribution in [0.5, 0.6) is 0 Å². The van der Waals surface area contributed by atoms with E-state index in [-0.39, 0.29) is 11.8 Å². The molecular weight excluding hydrogens is 254 g/mol. The van der Waals surface area contributed by atoms with Gasteiger partial charge in [-0.2, -0.15) is 0 Å². The van der Waals surface area contributed by atoms with Crippen molar-refractivity contribution < 1.29 is 9.59 Å². The average molecular weight is 275 g/mol. The maximum Gasteiger partial charge on any atom is 0.243 e. The fraction of sp³-hybridized carbons (Fsp3) is 0.467. The lowest BCUT2D eigenvalue weighted by Crippen LogP contribution is -2.59. The van der Waals surface area contributed by atoms with Crippen molar-refractivity contribution in [3.8, 4) is 0 Å². The van der Waals surface area contributed by atoms with E-state index in [1.165, 1.54) is 0 Å². The monoisotopic (exact) mass is 275 g/mol. The molecule has 5 nitrogen and oxygen atoms in total. The van der Waals surface area contributed by atoms with Crippen molar-refractivity contribution in [1.82, 2.24) is 15.5 Å². The smallest absolute Gasteiger partial charge is 0.243 e. The van der Waals surface area contributed by atoms with Gasteiger partial charge in [0.2, 0.25) is 11.8 Å². The van der Waals surface area contributed by atoms with E-state index in [4.69, 9.17) is 0 Å². The quantitative estimate of drug-likeness (QED) is 0.821. The summed E-state index contributed by atoms with van der Waals surface area (Å²) in [7, 11) is 1.60. The van der Waals surface area contributed by atoms with Gasteiger partial charge in [-0.15, -0.1) is 0 Å². The average Bonchev–Trinajstić information content (AvgIpc) is 2.48. The number of hydrogen-bond acceptors (Lipinski definition) is 3. The molecule has 1 aliphatic rings. The van der Waals surface area contributed by atoms with Crippen LogP contribution in [0.1, 0.15) is 11.1 Å². The number of amides is 2. The van der Waals surface area contributed by atoms with Crippen LogP contribution in [0.25, 0.3) is 0 Å². The fourth-order valence-electron chi connectivity index (χ4n) is 2.48. The molecular formula is C15H21N3O2. The molecule has 0 radical (unpaired) electrons. The van der Waals surface area contributed by atoms with E-state index in [0.717, 1.165) is 17.7 Å². The summed E-state index contributed by atoms with van der Waals surface area (Å²) in [6.07, 6.45) is 0.347. The predicted octanol–water partition coefficient (Wildman–Crippen LogP) is 0.0839. The third-order valence-electron chi connectivity index (χ3n) is 3.72. The molecule has 1 unspecified atom stereocenters. The summed E-state index contributed by atoms with van der Waals surface area (Å²) in [6, 6.07) is 7.44. The fourth-order valence-corrected chi connectivity index (χ4v) is 2.48. The van der Waals surface area contributed by atoms with Crippen LogP contribution in [0.3, 0.4) is 0 Å². The number of carbonyl (C=O) groups is 2. The molecule has 1 fully saturated rings. The number of aryl methyl sites for hydroxylation is 1. The molecule has 5 heteroatoms. The van der Waals surface area contributed by atoms with E-state index < -0.39 is 6.04 Å². The third kappa shape index (κ3) is 3.17. The SMILES string of the molecule is CNC(=O)C1CNCCN1C(=O)Cc1ccccc1C. The maximum absolute atomic E-state index is 12.5. The van der Waals surface area contributed by atoms with Crippen LogP contribution >= 0.6 is 0 Å². The molecule has 1 saturated heterocycles. The molecule has 1 atom stereocenters. The molecule has 2 rings (SSSR count). The van der Waals surface area contributed by atoms with Gasteiger partial charge in [-0.3, -0.25) is 9.59 Å². The molecule has 1 aliphatic heterocycles. The van der Waals surface area contributed by atoms with Crippen LogP contribution in [0.2, 0.25) is 0 Å². The normalized spacial score (nSPS) is 18.7. The number of nitrogens with one attached hydrogen (secondary N) is 2. The first-order valence-electron chi connectivity index (χ1n) is 6.89. The number of piperazine rings is 1. The van der Waals surface area contributed by atoms with E-state index in [9.17, 15) is 9.59 Å². The Bertz CT molecular complexity index is 502. The van der Waals surface area contributed by atoms with E-state index in [1.54, 1.807) is 11.9 Å². The minimum Gasteiger partial charge on any atom is -0.357 e. The second-order valence-electron chi connectivity index (χ2n) is 5.02. The first kappa shape index (κ1) is 14.5. The number of nitrogens with zero attached hydrogens (tertiary/aromatic N) is 1. The highest BCUT2D eigenvalue weighted by atomic mass is 16.2. The summed E-state index contributed by atoms with van der Waals surface area (Å²) in [6.45, 7) is 3.81. The largest absolute Gasteiger partial charge is 0.357 e. The van der Waals surface area contributed by atoms with Crippen LogP contribution in [-0.4, -0.2) is 49.4 Å². The lowest BCUT2D eigenvalue weighted by atomic mass is 10.0. The Morgan fingerprint density at radius 2 is 2.15 bits per heavy atom. The second-order valence-corrected chi connectivity index (χ2v) is 5.02. The van der Waals surface area contributed by atoms with Gasteiger partial charge in [-0.1, -0.05) is 24.3 Å². The van der Waals surface area contributed by atoms with Crippen LogP contribution in [0.15, 0.2) is 24.3 Å². The molecule has 2 amide bonds. The predicted molar refractivity (Wildman–Crippen MR) is 77.3 cm³/mol. The molecule has 0 aromatic heterocycles. The van der Waals surface area contributed by atoms with Crippen molar-refractivity contribution in [2.45, 2.75) is 19.4 Å². The van der Waals surface area contributed by atoms with Crippen molar-refractivity contribution in [3.63, 3.8) is 0 Å². The zero-order valence-electron chi connectivity index (χ0n) is 12.0. The van der Waals surface area contributed by atoms with Gasteiger partial charge in [0.05, 0.1) is 6.42 Å². The molecule has 108 valence electrons. The Balaban J connectivity index is 2.10. The van der Waals surface area contributed by atoms with Gasteiger partial charge in [-0.05, 0) is 18.1 Å². The second kappa shape index (κ2) is 6.52. The van der Waals surface area contributed by atoms with Crippen molar-refractivity contribution in [2.75, 3.05) is 26.7 Å². The summed E-state index contributed by atoms with van der Waals surface area (Å²) in [5, 5.41) is 5.78. The van der Waals surface area contributed by atoms with Crippen molar-refractivity contribution >= 4 is 11.8 Å². The standard InChI is InChI=1S/C15H21N3O2/c1-11-5-3-4-6-12(11)9-14(19)18-8-7-17-10-13(18)15(20)16-2/h3-6,13,17H,7-10H2,1-2H3,(H,16,20). The Kier molecular flexibility index (Phi) is 4.74. The molecule has 0 saturated carbocycles. The molecule has 0 bridgehead atoms. The Morgan fingerprint density at radius 1 is 1.40 bits per heavy atom. The van der Waals surface area contributed by atoms with Gasteiger partial charge < -0.3 is 15.5 Å². The van der Waals surface area contributed by atoms with E-state index in [0.29, 0.717) is 19.5 Å². The number of likely N-dealkylation sites (N-methyl/N-ethyl adjacent to an activating group) is 1. The number of carbonyl (C=O) groups excluding carboxylic acids is 2. The molecule has 1 aromatic rings. The van der Waals surface area contributed by atoms with Gasteiger partial charge in [0.25, 0.3) is 0 Å². The Morgan fingerprint density at radius 3 is 2.85 bits per heavy atom. The molecule has 0 aliphatic carbocycles. The number of hydrogen-bond donors (Lipinski definition) is 2. The minimum absolute atomic E-state index is 0.00870. The van der Waals surface area contributed by atoms with E-state index in [2.05, 4.69) is 10.6 Å². The number of benzene rings is 1. The third-order valence-corrected chi connectivity index (χ3v) is 3.72. The van der Waals surface area contributed by atoms with Crippen LogP contribution in [-0.2, 0) is 16.0 Å². The van der Waals surface area contributed by atoms with Crippen LogP contribution < -0.4 is 10.6 Å². The zero-order chi connectivity index (χ0) is 14.5. The highest BCUT2D eigenvalue weighted by Gasteiger charge is 2.31. The van der Waals surface area contributed by atoms with Gasteiger partial charge in [0.15, 0.2) is 0 Å². The lowest BCUT2D eigenvalue weighted by Gasteiger charge is -2.35. The zero-order valence-corrected chi connectivity index (χ0v) is 12.0. The van der Waals surface area contributed by atoms with Crippen LogP contribution in [0.4, 0.5) is 0 Å². The summed E-state index contributed by atoms with van der Waals surface area (Å²) in [5.41, 5.74) is 2.12. The molecule has 0 spiro atoms. The van der Waals surface area contributed by atoms with Crippen molar-refractivity contribution in [2.24, 2.45) is 0 Å². The van der Waals surface area contributed by atoms with Crippen molar-refractivity contribution in [1.29, 1.82) is 0 Å². The molecule has 20 heavy (non-hydrogen) atoms. The summed E-state index contributed by atoms with van der Waals surface area (Å²) >= 11 is 0. The summed E-state index contributed by atoms with van der Waals surface area (Å²) < 4.78 is 0. The number of rotatable bonds is 3. The molecule has 2 N–H and O–H groups in total. The van der Waals surface area contributed by atoms with E-state index >= 15 is 0 Å². The molecule has 1 aromatic carbocycles. The Hall–Kier alpha value is -1.88. The first-order chi connectivity index (χ1) is 9.63. The highest BCUT2D eigenvalue weighted by molar-refractivity contribution is 5.88. The lowest BCUT2D eigenvalue weighted by molar-refractivity contribution is -0.140. The van der Waals surface area contributed by atoms with E-state index in [1.807, 2.05) is 31.2 Å².